The van der Waals surface area contributed by atoms with E-state index in [9.17, 15) is 17.6 Å². The number of carbonyl (C=O) groups is 1. The summed E-state index contributed by atoms with van der Waals surface area (Å²) >= 11 is 0. The Morgan fingerprint density at radius 1 is 1.62 bits per heavy atom. The minimum absolute atomic E-state index is 0.0925. The fourth-order valence-electron chi connectivity index (χ4n) is 0.475. The SMILES string of the molecule is C=C(NS(=O)(=O)CF)C(=O)OCC. The Kier molecular flexibility index (Phi) is 4.39. The minimum atomic E-state index is -4.10. The first-order chi connectivity index (χ1) is 5.93. The second-order valence-corrected chi connectivity index (χ2v) is 3.68. The molecule has 0 amide bonds. The van der Waals surface area contributed by atoms with E-state index < -0.39 is 27.7 Å². The van der Waals surface area contributed by atoms with Gasteiger partial charge in [-0.25, -0.2) is 17.6 Å². The molecule has 0 heterocycles. The first-order valence-electron chi connectivity index (χ1n) is 3.35. The Morgan fingerprint density at radius 3 is 2.54 bits per heavy atom. The van der Waals surface area contributed by atoms with E-state index in [0.717, 1.165) is 0 Å². The van der Waals surface area contributed by atoms with E-state index in [-0.39, 0.29) is 6.61 Å². The summed E-state index contributed by atoms with van der Waals surface area (Å²) in [5.74, 6) is -0.917. The monoisotopic (exact) mass is 211 g/mol. The molecule has 0 unspecified atom stereocenters. The summed E-state index contributed by atoms with van der Waals surface area (Å²) < 4.78 is 38.9. The van der Waals surface area contributed by atoms with Crippen molar-refractivity contribution in [1.29, 1.82) is 0 Å². The fraction of sp³-hybridized carbons (Fsp3) is 0.500. The smallest absolute Gasteiger partial charge is 0.354 e. The van der Waals surface area contributed by atoms with Crippen molar-refractivity contribution in [2.45, 2.75) is 6.92 Å². The number of ether oxygens (including phenoxy) is 1. The van der Waals surface area contributed by atoms with Crippen molar-refractivity contribution >= 4 is 16.0 Å². The van der Waals surface area contributed by atoms with Crippen LogP contribution in [0, 0.1) is 0 Å². The topological polar surface area (TPSA) is 72.5 Å². The van der Waals surface area contributed by atoms with E-state index in [4.69, 9.17) is 0 Å². The highest BCUT2D eigenvalue weighted by Gasteiger charge is 2.15. The van der Waals surface area contributed by atoms with Crippen LogP contribution in [0.5, 0.6) is 0 Å². The van der Waals surface area contributed by atoms with Gasteiger partial charge in [0.1, 0.15) is 5.70 Å². The van der Waals surface area contributed by atoms with Crippen molar-refractivity contribution in [3.05, 3.63) is 12.3 Å². The summed E-state index contributed by atoms with van der Waals surface area (Å²) in [4.78, 5) is 10.8. The third-order valence-corrected chi connectivity index (χ3v) is 1.79. The van der Waals surface area contributed by atoms with Crippen LogP contribution in [-0.4, -0.2) is 27.0 Å². The molecule has 13 heavy (non-hydrogen) atoms. The number of sulfonamides is 1. The van der Waals surface area contributed by atoms with Crippen LogP contribution in [0.2, 0.25) is 0 Å². The maximum Gasteiger partial charge on any atom is 0.354 e. The fourth-order valence-corrected chi connectivity index (χ4v) is 0.988. The number of carbonyl (C=O) groups excluding carboxylic acids is 1. The van der Waals surface area contributed by atoms with Crippen LogP contribution in [0.4, 0.5) is 4.39 Å². The van der Waals surface area contributed by atoms with Gasteiger partial charge in [-0.05, 0) is 6.92 Å². The molecule has 76 valence electrons. The zero-order valence-electron chi connectivity index (χ0n) is 7.04. The molecule has 0 aromatic rings. The van der Waals surface area contributed by atoms with Crippen LogP contribution in [0.15, 0.2) is 12.3 Å². The molecule has 0 radical (unpaired) electrons. The summed E-state index contributed by atoms with van der Waals surface area (Å²) in [5.41, 5.74) is -0.500. The molecule has 0 aromatic carbocycles. The number of nitrogens with one attached hydrogen (secondary N) is 1. The predicted octanol–water partition coefficient (Wildman–Crippen LogP) is -0.0904. The molecule has 0 rings (SSSR count). The lowest BCUT2D eigenvalue weighted by atomic mass is 10.5. The van der Waals surface area contributed by atoms with Gasteiger partial charge in [-0.1, -0.05) is 6.58 Å². The van der Waals surface area contributed by atoms with Gasteiger partial charge in [0.05, 0.1) is 6.61 Å². The minimum Gasteiger partial charge on any atom is -0.461 e. The Bertz CT molecular complexity index is 298. The van der Waals surface area contributed by atoms with E-state index in [1.54, 1.807) is 11.6 Å². The summed E-state index contributed by atoms with van der Waals surface area (Å²) in [6.07, 6.45) is 0. The molecule has 0 saturated carbocycles. The lowest BCUT2D eigenvalue weighted by molar-refractivity contribution is -0.138. The van der Waals surface area contributed by atoms with Crippen LogP contribution < -0.4 is 4.72 Å². The summed E-state index contributed by atoms with van der Waals surface area (Å²) in [5, 5.41) is 0. The summed E-state index contributed by atoms with van der Waals surface area (Å²) in [7, 11) is -4.10. The zero-order chi connectivity index (χ0) is 10.5. The quantitative estimate of drug-likeness (QED) is 0.509. The second-order valence-electron chi connectivity index (χ2n) is 2.02. The van der Waals surface area contributed by atoms with E-state index in [0.29, 0.717) is 0 Å². The standard InChI is InChI=1S/C6H10FNO4S/c1-3-12-6(9)5(2)8-13(10,11)4-7/h8H,2-4H2,1H3. The van der Waals surface area contributed by atoms with Gasteiger partial charge in [-0.15, -0.1) is 0 Å². The number of esters is 1. The summed E-state index contributed by atoms with van der Waals surface area (Å²) in [6.45, 7) is 4.72. The van der Waals surface area contributed by atoms with Gasteiger partial charge in [-0.3, -0.25) is 4.72 Å². The molecular formula is C6H10FNO4S. The number of alkyl halides is 1. The van der Waals surface area contributed by atoms with Gasteiger partial charge in [0.15, 0.2) is 0 Å². The van der Waals surface area contributed by atoms with Gasteiger partial charge < -0.3 is 4.74 Å². The first kappa shape index (κ1) is 11.9. The third kappa shape index (κ3) is 4.46. The molecular weight excluding hydrogens is 201 g/mol. The highest BCUT2D eigenvalue weighted by molar-refractivity contribution is 7.89. The number of rotatable bonds is 5. The lowest BCUT2D eigenvalue weighted by Crippen LogP contribution is -2.28. The van der Waals surface area contributed by atoms with Crippen molar-refractivity contribution in [3.8, 4) is 0 Å². The molecule has 0 aliphatic carbocycles. The molecule has 0 fully saturated rings. The average molecular weight is 211 g/mol. The van der Waals surface area contributed by atoms with Crippen molar-refractivity contribution in [3.63, 3.8) is 0 Å². The molecule has 0 aromatic heterocycles. The van der Waals surface area contributed by atoms with Gasteiger partial charge >= 0.3 is 5.97 Å². The van der Waals surface area contributed by atoms with E-state index >= 15 is 0 Å². The second kappa shape index (κ2) is 4.80. The molecule has 0 saturated heterocycles. The van der Waals surface area contributed by atoms with Gasteiger partial charge in [-0.2, -0.15) is 0 Å². The number of hydrogen-bond acceptors (Lipinski definition) is 4. The van der Waals surface area contributed by atoms with Gasteiger partial charge in [0.2, 0.25) is 6.01 Å². The Hall–Kier alpha value is -1.11. The number of hydrogen-bond donors (Lipinski definition) is 1. The van der Waals surface area contributed by atoms with Crippen LogP contribution in [0.25, 0.3) is 0 Å². The highest BCUT2D eigenvalue weighted by atomic mass is 32.2. The summed E-state index contributed by atoms with van der Waals surface area (Å²) in [6, 6.07) is -1.61. The molecule has 0 aliphatic heterocycles. The maximum absolute atomic E-state index is 11.7. The van der Waals surface area contributed by atoms with Crippen molar-refractivity contribution < 1.29 is 22.3 Å². The Labute approximate surface area is 75.6 Å². The van der Waals surface area contributed by atoms with Crippen molar-refractivity contribution in [2.75, 3.05) is 12.6 Å². The molecule has 1 N–H and O–H groups in total. The van der Waals surface area contributed by atoms with Crippen molar-refractivity contribution in [1.82, 2.24) is 4.72 Å². The Balaban J connectivity index is 4.24. The zero-order valence-corrected chi connectivity index (χ0v) is 7.86. The van der Waals surface area contributed by atoms with E-state index in [2.05, 4.69) is 11.3 Å². The van der Waals surface area contributed by atoms with Crippen molar-refractivity contribution in [2.24, 2.45) is 0 Å². The molecule has 0 atom stereocenters. The predicted molar refractivity (Wildman–Crippen MR) is 43.8 cm³/mol. The Morgan fingerprint density at radius 2 is 2.15 bits per heavy atom. The van der Waals surface area contributed by atoms with E-state index in [1.165, 1.54) is 0 Å². The first-order valence-corrected chi connectivity index (χ1v) is 5.00. The van der Waals surface area contributed by atoms with Gasteiger partial charge in [0, 0.05) is 0 Å². The molecule has 7 heteroatoms. The highest BCUT2D eigenvalue weighted by Crippen LogP contribution is 1.94. The van der Waals surface area contributed by atoms with Crippen LogP contribution in [-0.2, 0) is 19.6 Å². The van der Waals surface area contributed by atoms with Crippen LogP contribution in [0.3, 0.4) is 0 Å². The number of halogens is 1. The lowest BCUT2D eigenvalue weighted by Gasteiger charge is -2.06. The average Bonchev–Trinajstić information content (AvgIpc) is 2.04. The van der Waals surface area contributed by atoms with E-state index in [1.807, 2.05) is 0 Å². The molecule has 0 spiro atoms. The normalized spacial score (nSPS) is 10.6. The molecule has 0 aliphatic rings. The molecule has 0 bridgehead atoms. The third-order valence-electron chi connectivity index (χ3n) is 0.944. The largest absolute Gasteiger partial charge is 0.461 e. The maximum atomic E-state index is 11.7. The van der Waals surface area contributed by atoms with Crippen LogP contribution in [0.1, 0.15) is 6.92 Å². The van der Waals surface area contributed by atoms with Crippen LogP contribution >= 0.6 is 0 Å². The molecule has 5 nitrogen and oxygen atoms in total. The van der Waals surface area contributed by atoms with Gasteiger partial charge in [0.25, 0.3) is 10.0 Å².